The minimum atomic E-state index is -0.215. The maximum Gasteiger partial charge on any atom is 0.287 e. The van der Waals surface area contributed by atoms with Gasteiger partial charge in [-0.2, -0.15) is 0 Å². The highest BCUT2D eigenvalue weighted by molar-refractivity contribution is 5.92. The number of hydrogen-bond donors (Lipinski definition) is 1. The first-order valence-corrected chi connectivity index (χ1v) is 8.03. The van der Waals surface area contributed by atoms with Crippen molar-refractivity contribution in [1.82, 2.24) is 5.32 Å². The lowest BCUT2D eigenvalue weighted by molar-refractivity contribution is 0.0930. The molecule has 3 nitrogen and oxygen atoms in total. The summed E-state index contributed by atoms with van der Waals surface area (Å²) in [5, 5.41) is 2.88. The number of furan rings is 1. The summed E-state index contributed by atoms with van der Waals surface area (Å²) in [6.45, 7) is 6.45. The number of hydrogen-bond acceptors (Lipinski definition) is 2. The molecule has 0 radical (unpaired) electrons. The van der Waals surface area contributed by atoms with Gasteiger partial charge in [-0.25, -0.2) is 0 Å². The maximum absolute atomic E-state index is 12.2. The summed E-state index contributed by atoms with van der Waals surface area (Å²) in [6, 6.07) is 13.2. The van der Waals surface area contributed by atoms with Crippen molar-refractivity contribution < 1.29 is 9.21 Å². The zero-order valence-electron chi connectivity index (χ0n) is 14.4. The van der Waals surface area contributed by atoms with Gasteiger partial charge in [-0.1, -0.05) is 60.2 Å². The summed E-state index contributed by atoms with van der Waals surface area (Å²) in [4.78, 5) is 12.2. The monoisotopic (exact) mass is 321 g/mol. The van der Waals surface area contributed by atoms with Crippen molar-refractivity contribution in [3.05, 3.63) is 83.7 Å². The van der Waals surface area contributed by atoms with Crippen LogP contribution in [0.4, 0.5) is 0 Å². The smallest absolute Gasteiger partial charge is 0.287 e. The number of benzene rings is 1. The molecule has 1 amide bonds. The van der Waals surface area contributed by atoms with Crippen molar-refractivity contribution in [3.63, 3.8) is 0 Å². The Hall–Kier alpha value is -2.81. The van der Waals surface area contributed by atoms with Crippen LogP contribution in [-0.4, -0.2) is 12.5 Å². The van der Waals surface area contributed by atoms with E-state index in [0.717, 1.165) is 11.1 Å². The Morgan fingerprint density at radius 3 is 2.46 bits per heavy atom. The van der Waals surface area contributed by atoms with Gasteiger partial charge in [0.1, 0.15) is 5.76 Å². The number of amides is 1. The molecule has 0 bridgehead atoms. The van der Waals surface area contributed by atoms with E-state index < -0.39 is 0 Å². The predicted octanol–water partition coefficient (Wildman–Crippen LogP) is 5.15. The number of carbonyl (C=O) groups is 1. The second-order valence-corrected chi connectivity index (χ2v) is 5.44. The summed E-state index contributed by atoms with van der Waals surface area (Å²) in [5.41, 5.74) is 3.18. The topological polar surface area (TPSA) is 42.2 Å². The molecule has 0 aliphatic carbocycles. The van der Waals surface area contributed by atoms with Crippen LogP contribution in [0, 0.1) is 0 Å². The van der Waals surface area contributed by atoms with Crippen LogP contribution in [0.3, 0.4) is 0 Å². The normalized spacial score (nSPS) is 12.6. The molecule has 24 heavy (non-hydrogen) atoms. The largest absolute Gasteiger partial charge is 0.451 e. The SMILES string of the molecule is C\C=C(C)/C=C\C(=C/C)CNC(=O)c1ccc(-c2ccccc2)o1. The van der Waals surface area contributed by atoms with Crippen molar-refractivity contribution in [2.75, 3.05) is 6.54 Å². The minimum absolute atomic E-state index is 0.215. The van der Waals surface area contributed by atoms with Gasteiger partial charge in [-0.15, -0.1) is 0 Å². The van der Waals surface area contributed by atoms with Crippen molar-refractivity contribution in [1.29, 1.82) is 0 Å². The van der Waals surface area contributed by atoms with Crippen LogP contribution >= 0.6 is 0 Å². The molecule has 0 spiro atoms. The van der Waals surface area contributed by atoms with Gasteiger partial charge >= 0.3 is 0 Å². The molecule has 2 aromatic rings. The van der Waals surface area contributed by atoms with Gasteiger partial charge in [-0.05, 0) is 38.5 Å². The van der Waals surface area contributed by atoms with Crippen LogP contribution in [0.15, 0.2) is 82.3 Å². The molecule has 0 saturated heterocycles. The minimum Gasteiger partial charge on any atom is -0.451 e. The van der Waals surface area contributed by atoms with Crippen LogP contribution in [0.25, 0.3) is 11.3 Å². The fraction of sp³-hybridized carbons (Fsp3) is 0.190. The Morgan fingerprint density at radius 1 is 1.04 bits per heavy atom. The zero-order valence-corrected chi connectivity index (χ0v) is 14.4. The molecule has 0 aliphatic heterocycles. The summed E-state index contributed by atoms with van der Waals surface area (Å²) in [6.07, 6.45) is 8.06. The van der Waals surface area contributed by atoms with Crippen molar-refractivity contribution in [2.45, 2.75) is 20.8 Å². The van der Waals surface area contributed by atoms with Gasteiger partial charge in [0.15, 0.2) is 5.76 Å². The molecule has 1 N–H and O–H groups in total. The predicted molar refractivity (Wildman–Crippen MR) is 98.8 cm³/mol. The molecule has 1 aromatic carbocycles. The Morgan fingerprint density at radius 2 is 1.79 bits per heavy atom. The lowest BCUT2D eigenvalue weighted by atomic mass is 10.2. The van der Waals surface area contributed by atoms with Crippen molar-refractivity contribution in [3.8, 4) is 11.3 Å². The molecule has 0 atom stereocenters. The molecule has 1 aromatic heterocycles. The summed E-state index contributed by atoms with van der Waals surface area (Å²) in [7, 11) is 0. The average Bonchev–Trinajstić information content (AvgIpc) is 3.12. The van der Waals surface area contributed by atoms with Crippen LogP contribution in [0.5, 0.6) is 0 Å². The molecule has 0 aliphatic rings. The first-order valence-electron chi connectivity index (χ1n) is 8.03. The van der Waals surface area contributed by atoms with E-state index in [1.54, 1.807) is 6.07 Å². The lowest BCUT2D eigenvalue weighted by Gasteiger charge is -2.04. The van der Waals surface area contributed by atoms with Crippen LogP contribution in [0.2, 0.25) is 0 Å². The lowest BCUT2D eigenvalue weighted by Crippen LogP contribution is -2.24. The van der Waals surface area contributed by atoms with Gasteiger partial charge < -0.3 is 9.73 Å². The Labute approximate surface area is 143 Å². The summed E-state index contributed by atoms with van der Waals surface area (Å²) < 4.78 is 5.65. The number of carbonyl (C=O) groups excluding carboxylic acids is 1. The van der Waals surface area contributed by atoms with Crippen LogP contribution < -0.4 is 5.32 Å². The Kier molecular flexibility index (Phi) is 6.38. The molecule has 2 rings (SSSR count). The average molecular weight is 321 g/mol. The van der Waals surface area contributed by atoms with E-state index in [9.17, 15) is 4.79 Å². The molecule has 3 heteroatoms. The summed E-state index contributed by atoms with van der Waals surface area (Å²) >= 11 is 0. The number of nitrogens with one attached hydrogen (secondary N) is 1. The summed E-state index contributed by atoms with van der Waals surface area (Å²) in [5.74, 6) is 0.793. The van der Waals surface area contributed by atoms with E-state index in [0.29, 0.717) is 18.1 Å². The standard InChI is InChI=1S/C21H23NO2/c1-4-16(3)11-12-17(5-2)15-22-21(23)20-14-13-19(24-20)18-9-7-6-8-10-18/h4-14H,15H2,1-3H3,(H,22,23)/b12-11-,16-4-,17-5+. The second-order valence-electron chi connectivity index (χ2n) is 5.44. The highest BCUT2D eigenvalue weighted by Gasteiger charge is 2.11. The highest BCUT2D eigenvalue weighted by Crippen LogP contribution is 2.21. The van der Waals surface area contributed by atoms with Crippen molar-refractivity contribution >= 4 is 5.91 Å². The fourth-order valence-corrected chi connectivity index (χ4v) is 2.08. The van der Waals surface area contributed by atoms with E-state index >= 15 is 0 Å². The van der Waals surface area contributed by atoms with E-state index in [2.05, 4.69) is 5.32 Å². The quantitative estimate of drug-likeness (QED) is 0.748. The van der Waals surface area contributed by atoms with E-state index in [1.165, 1.54) is 5.57 Å². The fourth-order valence-electron chi connectivity index (χ4n) is 2.08. The van der Waals surface area contributed by atoms with Gasteiger partial charge in [0.05, 0.1) is 0 Å². The van der Waals surface area contributed by atoms with Crippen molar-refractivity contribution in [2.24, 2.45) is 0 Å². The molecule has 0 fully saturated rings. The van der Waals surface area contributed by atoms with Crippen LogP contribution in [-0.2, 0) is 0 Å². The number of allylic oxidation sites excluding steroid dienone is 4. The first kappa shape index (κ1) is 17.5. The van der Waals surface area contributed by atoms with Crippen LogP contribution in [0.1, 0.15) is 31.3 Å². The van der Waals surface area contributed by atoms with Gasteiger partial charge in [0.25, 0.3) is 5.91 Å². The van der Waals surface area contributed by atoms with E-state index in [-0.39, 0.29) is 5.91 Å². The van der Waals surface area contributed by atoms with Gasteiger partial charge in [0, 0.05) is 12.1 Å². The van der Waals surface area contributed by atoms with Gasteiger partial charge in [-0.3, -0.25) is 4.79 Å². The van der Waals surface area contributed by atoms with E-state index in [4.69, 9.17) is 4.42 Å². The molecule has 1 heterocycles. The molecular weight excluding hydrogens is 298 g/mol. The third kappa shape index (κ3) is 4.85. The molecule has 0 unspecified atom stereocenters. The highest BCUT2D eigenvalue weighted by atomic mass is 16.3. The molecule has 0 saturated carbocycles. The third-order valence-electron chi connectivity index (χ3n) is 3.73. The first-order chi connectivity index (χ1) is 11.6. The molecule has 124 valence electrons. The van der Waals surface area contributed by atoms with Gasteiger partial charge in [0.2, 0.25) is 0 Å². The van der Waals surface area contributed by atoms with E-state index in [1.807, 2.05) is 81.5 Å². The second kappa shape index (κ2) is 8.73. The number of rotatable bonds is 6. The Bertz CT molecular complexity index is 764. The Balaban J connectivity index is 1.98. The third-order valence-corrected chi connectivity index (χ3v) is 3.73. The molecular formula is C21H23NO2. The zero-order chi connectivity index (χ0) is 17.4. The maximum atomic E-state index is 12.2.